The predicted octanol–water partition coefficient (Wildman–Crippen LogP) is 4.65. The van der Waals surface area contributed by atoms with Gasteiger partial charge in [-0.3, -0.25) is 4.79 Å². The van der Waals surface area contributed by atoms with E-state index in [-0.39, 0.29) is 18.1 Å². The van der Waals surface area contributed by atoms with E-state index in [2.05, 4.69) is 26.2 Å². The number of fused-ring (bicyclic) bond motifs is 1. The van der Waals surface area contributed by atoms with Gasteiger partial charge in [-0.2, -0.15) is 0 Å². The largest absolute Gasteiger partial charge is 0.492 e. The smallest absolute Gasteiger partial charge is 0.228 e. The minimum atomic E-state index is -0.309. The lowest BCUT2D eigenvalue weighted by atomic mass is 10.1. The second kappa shape index (κ2) is 7.05. The molecule has 0 fully saturated rings. The Balaban J connectivity index is 1.79. The average Bonchev–Trinajstić information content (AvgIpc) is 2.92. The molecule has 0 bridgehead atoms. The van der Waals surface area contributed by atoms with Gasteiger partial charge >= 0.3 is 0 Å². The third kappa shape index (κ3) is 3.59. The van der Waals surface area contributed by atoms with Crippen molar-refractivity contribution in [3.8, 4) is 5.75 Å². The Labute approximate surface area is 147 Å². The van der Waals surface area contributed by atoms with E-state index in [4.69, 9.17) is 4.74 Å². The first-order valence-electron chi connectivity index (χ1n) is 7.54. The van der Waals surface area contributed by atoms with Crippen LogP contribution in [-0.2, 0) is 11.2 Å². The summed E-state index contributed by atoms with van der Waals surface area (Å²) in [7, 11) is 0. The number of carbonyl (C=O) groups excluding carboxylic acids is 1. The molecule has 0 aliphatic carbocycles. The zero-order chi connectivity index (χ0) is 17.1. The lowest BCUT2D eigenvalue weighted by molar-refractivity contribution is -0.115. The number of H-pyrrole nitrogens is 1. The normalized spacial score (nSPS) is 10.8. The summed E-state index contributed by atoms with van der Waals surface area (Å²) in [5.41, 5.74) is 2.10. The molecule has 0 unspecified atom stereocenters. The topological polar surface area (TPSA) is 54.1 Å². The summed E-state index contributed by atoms with van der Waals surface area (Å²) in [5, 5.41) is 3.71. The van der Waals surface area contributed by atoms with Crippen LogP contribution < -0.4 is 10.1 Å². The number of anilines is 1. The number of aromatic amines is 1. The van der Waals surface area contributed by atoms with Crippen molar-refractivity contribution in [1.82, 2.24) is 4.98 Å². The highest BCUT2D eigenvalue weighted by atomic mass is 79.9. The zero-order valence-electron chi connectivity index (χ0n) is 13.0. The number of aromatic nitrogens is 1. The molecule has 0 saturated heterocycles. The number of nitrogens with one attached hydrogen (secondary N) is 2. The van der Waals surface area contributed by atoms with E-state index < -0.39 is 0 Å². The molecule has 24 heavy (non-hydrogen) atoms. The highest BCUT2D eigenvalue weighted by molar-refractivity contribution is 9.10. The molecule has 1 heterocycles. The van der Waals surface area contributed by atoms with Crippen molar-refractivity contribution in [2.45, 2.75) is 13.3 Å². The highest BCUT2D eigenvalue weighted by Gasteiger charge is 2.12. The zero-order valence-corrected chi connectivity index (χ0v) is 14.6. The third-order valence-corrected chi connectivity index (χ3v) is 4.09. The molecule has 0 atom stereocenters. The maximum Gasteiger partial charge on any atom is 0.228 e. The molecular formula is C18H16BrFN2O2. The van der Waals surface area contributed by atoms with E-state index in [9.17, 15) is 9.18 Å². The Kier molecular flexibility index (Phi) is 4.85. The standard InChI is InChI=1S/C18H16BrFN2O2/c1-2-24-17-6-3-12(19)8-16(17)22-18(23)7-11-10-21-15-9-13(20)4-5-14(11)15/h3-6,8-10,21H,2,7H2,1H3,(H,22,23). The van der Waals surface area contributed by atoms with Crippen LogP contribution in [0.2, 0.25) is 0 Å². The maximum absolute atomic E-state index is 13.2. The van der Waals surface area contributed by atoms with Gasteiger partial charge < -0.3 is 15.0 Å². The number of benzene rings is 2. The molecule has 1 aromatic heterocycles. The van der Waals surface area contributed by atoms with Crippen LogP contribution in [0, 0.1) is 5.82 Å². The number of ether oxygens (including phenoxy) is 1. The number of hydrogen-bond acceptors (Lipinski definition) is 2. The van der Waals surface area contributed by atoms with Gasteiger partial charge in [-0.05, 0) is 48.9 Å². The fourth-order valence-electron chi connectivity index (χ4n) is 2.55. The van der Waals surface area contributed by atoms with Crippen molar-refractivity contribution < 1.29 is 13.9 Å². The first-order chi connectivity index (χ1) is 11.6. The molecule has 1 amide bonds. The van der Waals surface area contributed by atoms with Crippen LogP contribution in [0.15, 0.2) is 47.1 Å². The third-order valence-electron chi connectivity index (χ3n) is 3.60. The second-order valence-electron chi connectivity index (χ2n) is 5.30. The molecule has 0 spiro atoms. The van der Waals surface area contributed by atoms with Crippen molar-refractivity contribution in [2.75, 3.05) is 11.9 Å². The van der Waals surface area contributed by atoms with Gasteiger partial charge in [0.2, 0.25) is 5.91 Å². The van der Waals surface area contributed by atoms with Crippen molar-refractivity contribution in [3.05, 3.63) is 58.4 Å². The van der Waals surface area contributed by atoms with Crippen LogP contribution in [0.1, 0.15) is 12.5 Å². The summed E-state index contributed by atoms with van der Waals surface area (Å²) in [5.74, 6) is 0.144. The molecule has 124 valence electrons. The van der Waals surface area contributed by atoms with Gasteiger partial charge in [-0.15, -0.1) is 0 Å². The maximum atomic E-state index is 13.2. The van der Waals surface area contributed by atoms with Crippen molar-refractivity contribution in [2.24, 2.45) is 0 Å². The molecule has 0 radical (unpaired) electrons. The molecule has 2 aromatic carbocycles. The molecule has 2 N–H and O–H groups in total. The quantitative estimate of drug-likeness (QED) is 0.665. The van der Waals surface area contributed by atoms with Crippen LogP contribution in [0.3, 0.4) is 0 Å². The predicted molar refractivity (Wildman–Crippen MR) is 95.9 cm³/mol. The van der Waals surface area contributed by atoms with Crippen molar-refractivity contribution in [3.63, 3.8) is 0 Å². The summed E-state index contributed by atoms with van der Waals surface area (Å²) in [6.45, 7) is 2.40. The first-order valence-corrected chi connectivity index (χ1v) is 8.34. The summed E-state index contributed by atoms with van der Waals surface area (Å²) >= 11 is 3.39. The average molecular weight is 391 g/mol. The Hall–Kier alpha value is -2.34. The SMILES string of the molecule is CCOc1ccc(Br)cc1NC(=O)Cc1c[nH]c2cc(F)ccc12. The van der Waals surface area contributed by atoms with Crippen LogP contribution in [0.25, 0.3) is 10.9 Å². The molecule has 3 rings (SSSR count). The minimum absolute atomic E-state index is 0.167. The summed E-state index contributed by atoms with van der Waals surface area (Å²) in [4.78, 5) is 15.4. The van der Waals surface area contributed by atoms with E-state index in [0.29, 0.717) is 23.6 Å². The lowest BCUT2D eigenvalue weighted by Gasteiger charge is -2.12. The summed E-state index contributed by atoms with van der Waals surface area (Å²) in [6.07, 6.45) is 1.91. The van der Waals surface area contributed by atoms with E-state index in [1.54, 1.807) is 24.4 Å². The van der Waals surface area contributed by atoms with Gasteiger partial charge in [0.1, 0.15) is 11.6 Å². The van der Waals surface area contributed by atoms with E-state index in [1.807, 2.05) is 13.0 Å². The molecule has 4 nitrogen and oxygen atoms in total. The Morgan fingerprint density at radius 2 is 2.12 bits per heavy atom. The van der Waals surface area contributed by atoms with Gasteiger partial charge in [-0.25, -0.2) is 4.39 Å². The number of hydrogen-bond donors (Lipinski definition) is 2. The second-order valence-corrected chi connectivity index (χ2v) is 6.22. The van der Waals surface area contributed by atoms with Gasteiger partial charge in [0, 0.05) is 21.6 Å². The first kappa shape index (κ1) is 16.5. The highest BCUT2D eigenvalue weighted by Crippen LogP contribution is 2.29. The van der Waals surface area contributed by atoms with Crippen molar-refractivity contribution in [1.29, 1.82) is 0 Å². The summed E-state index contributed by atoms with van der Waals surface area (Å²) < 4.78 is 19.6. The Morgan fingerprint density at radius 1 is 1.29 bits per heavy atom. The number of carbonyl (C=O) groups is 1. The van der Waals surface area contributed by atoms with Gasteiger partial charge in [-0.1, -0.05) is 15.9 Å². The molecule has 0 aliphatic heterocycles. The van der Waals surface area contributed by atoms with E-state index in [1.165, 1.54) is 12.1 Å². The molecule has 6 heteroatoms. The van der Waals surface area contributed by atoms with Crippen LogP contribution in [0.5, 0.6) is 5.75 Å². The van der Waals surface area contributed by atoms with E-state index >= 15 is 0 Å². The Bertz CT molecular complexity index is 892. The molecule has 0 aliphatic rings. The fourth-order valence-corrected chi connectivity index (χ4v) is 2.91. The minimum Gasteiger partial charge on any atom is -0.492 e. The van der Waals surface area contributed by atoms with Gasteiger partial charge in [0.15, 0.2) is 0 Å². The fraction of sp³-hybridized carbons (Fsp3) is 0.167. The molecule has 3 aromatic rings. The Morgan fingerprint density at radius 3 is 2.92 bits per heavy atom. The van der Waals surface area contributed by atoms with Gasteiger partial charge in [0.25, 0.3) is 0 Å². The summed E-state index contributed by atoms with van der Waals surface area (Å²) in [6, 6.07) is 9.94. The number of amides is 1. The molecule has 0 saturated carbocycles. The monoisotopic (exact) mass is 390 g/mol. The van der Waals surface area contributed by atoms with Crippen LogP contribution in [0.4, 0.5) is 10.1 Å². The van der Waals surface area contributed by atoms with Crippen LogP contribution in [-0.4, -0.2) is 17.5 Å². The van der Waals surface area contributed by atoms with Crippen molar-refractivity contribution >= 4 is 38.4 Å². The lowest BCUT2D eigenvalue weighted by Crippen LogP contribution is -2.15. The molecular weight excluding hydrogens is 375 g/mol. The van der Waals surface area contributed by atoms with Crippen LogP contribution >= 0.6 is 15.9 Å². The number of halogens is 2. The van der Waals surface area contributed by atoms with Gasteiger partial charge in [0.05, 0.1) is 18.7 Å². The van der Waals surface area contributed by atoms with E-state index in [0.717, 1.165) is 15.4 Å². The number of rotatable bonds is 5.